The van der Waals surface area contributed by atoms with Crippen molar-refractivity contribution in [1.29, 1.82) is 0 Å². The predicted octanol–water partition coefficient (Wildman–Crippen LogP) is 2.88. The molecule has 6 nitrogen and oxygen atoms in total. The van der Waals surface area contributed by atoms with Gasteiger partial charge in [-0.25, -0.2) is 4.79 Å². The largest absolute Gasteiger partial charge is 0.459 e. The third kappa shape index (κ3) is 4.25. The first-order valence-corrected chi connectivity index (χ1v) is 9.52. The molecule has 2 aromatic rings. The third-order valence-electron chi connectivity index (χ3n) is 4.92. The number of carbonyl (C=O) groups excluding carboxylic acids is 1. The number of nitrogens with one attached hydrogen (secondary N) is 1. The Morgan fingerprint density at radius 2 is 1.71 bits per heavy atom. The standard InChI is InChI=1S/C22H25NO5/c1-22(2)27-19-18(23-13-15-9-5-3-6-10-15)17(26-21(19)28-22)14-25-20(24)16-11-7-4-8-12-16/h3-12,17-19,21,23H,13-14H2,1-2H3. The fraction of sp³-hybridized carbons (Fsp3) is 0.409. The molecule has 0 aromatic heterocycles. The summed E-state index contributed by atoms with van der Waals surface area (Å²) in [5.74, 6) is -1.07. The minimum atomic E-state index is -0.701. The fourth-order valence-corrected chi connectivity index (χ4v) is 3.61. The Balaban J connectivity index is 1.42. The van der Waals surface area contributed by atoms with Gasteiger partial charge in [0.25, 0.3) is 0 Å². The molecule has 0 bridgehead atoms. The van der Waals surface area contributed by atoms with Crippen molar-refractivity contribution in [3.63, 3.8) is 0 Å². The van der Waals surface area contributed by atoms with Gasteiger partial charge < -0.3 is 24.3 Å². The number of hydrogen-bond donors (Lipinski definition) is 1. The summed E-state index contributed by atoms with van der Waals surface area (Å²) in [6.07, 6.45) is -1.11. The van der Waals surface area contributed by atoms with E-state index in [1.165, 1.54) is 0 Å². The molecule has 2 aliphatic heterocycles. The van der Waals surface area contributed by atoms with Gasteiger partial charge in [0, 0.05) is 6.54 Å². The summed E-state index contributed by atoms with van der Waals surface area (Å²) in [5, 5.41) is 3.50. The van der Waals surface area contributed by atoms with Gasteiger partial charge in [-0.1, -0.05) is 48.5 Å². The summed E-state index contributed by atoms with van der Waals surface area (Å²) >= 11 is 0. The Morgan fingerprint density at radius 1 is 1.04 bits per heavy atom. The maximum atomic E-state index is 12.3. The van der Waals surface area contributed by atoms with Crippen molar-refractivity contribution >= 4 is 5.97 Å². The van der Waals surface area contributed by atoms with Crippen molar-refractivity contribution in [1.82, 2.24) is 5.32 Å². The number of esters is 1. The monoisotopic (exact) mass is 383 g/mol. The molecule has 2 heterocycles. The molecule has 4 unspecified atom stereocenters. The van der Waals surface area contributed by atoms with E-state index in [0.29, 0.717) is 12.1 Å². The minimum absolute atomic E-state index is 0.125. The maximum absolute atomic E-state index is 12.3. The molecule has 2 aliphatic rings. The topological polar surface area (TPSA) is 66.0 Å². The summed E-state index contributed by atoms with van der Waals surface area (Å²) in [6, 6.07) is 18.9. The van der Waals surface area contributed by atoms with E-state index in [1.807, 2.05) is 38.1 Å². The molecule has 0 radical (unpaired) electrons. The van der Waals surface area contributed by atoms with E-state index >= 15 is 0 Å². The molecule has 0 saturated carbocycles. The molecule has 2 saturated heterocycles. The van der Waals surface area contributed by atoms with E-state index in [9.17, 15) is 4.79 Å². The first-order valence-electron chi connectivity index (χ1n) is 9.52. The molecule has 2 aromatic carbocycles. The van der Waals surface area contributed by atoms with Crippen LogP contribution in [-0.4, -0.2) is 42.9 Å². The van der Waals surface area contributed by atoms with Crippen LogP contribution in [0.15, 0.2) is 60.7 Å². The van der Waals surface area contributed by atoms with Crippen LogP contribution in [0.1, 0.15) is 29.8 Å². The van der Waals surface area contributed by atoms with E-state index < -0.39 is 12.1 Å². The zero-order chi connectivity index (χ0) is 19.6. The fourth-order valence-electron chi connectivity index (χ4n) is 3.61. The molecule has 0 aliphatic carbocycles. The van der Waals surface area contributed by atoms with Gasteiger partial charge in [-0.15, -0.1) is 0 Å². The lowest BCUT2D eigenvalue weighted by atomic mass is 10.1. The van der Waals surface area contributed by atoms with Gasteiger partial charge in [-0.2, -0.15) is 0 Å². The number of hydrogen-bond acceptors (Lipinski definition) is 6. The van der Waals surface area contributed by atoms with Crippen LogP contribution in [0.3, 0.4) is 0 Å². The zero-order valence-electron chi connectivity index (χ0n) is 16.0. The van der Waals surface area contributed by atoms with Gasteiger partial charge in [0.15, 0.2) is 12.1 Å². The highest BCUT2D eigenvalue weighted by Gasteiger charge is 2.54. The second kappa shape index (κ2) is 8.01. The smallest absolute Gasteiger partial charge is 0.338 e. The van der Waals surface area contributed by atoms with Crippen LogP contribution in [0, 0.1) is 0 Å². The average molecular weight is 383 g/mol. The SMILES string of the molecule is CC1(C)OC2OC(COC(=O)c3ccccc3)C(NCc3ccccc3)C2O1. The van der Waals surface area contributed by atoms with Crippen LogP contribution in [-0.2, 0) is 25.5 Å². The molecule has 6 heteroatoms. The molecule has 2 fully saturated rings. The van der Waals surface area contributed by atoms with Gasteiger partial charge >= 0.3 is 5.97 Å². The molecular formula is C22H25NO5. The van der Waals surface area contributed by atoms with Gasteiger partial charge in [0.05, 0.1) is 11.6 Å². The predicted molar refractivity (Wildman–Crippen MR) is 102 cm³/mol. The van der Waals surface area contributed by atoms with E-state index in [1.54, 1.807) is 24.3 Å². The number of ether oxygens (including phenoxy) is 4. The summed E-state index contributed by atoms with van der Waals surface area (Å²) in [4.78, 5) is 12.3. The normalized spacial score (nSPS) is 28.1. The van der Waals surface area contributed by atoms with Crippen LogP contribution in [0.4, 0.5) is 0 Å². The van der Waals surface area contributed by atoms with E-state index in [0.717, 1.165) is 5.56 Å². The second-order valence-corrected chi connectivity index (χ2v) is 7.50. The molecular weight excluding hydrogens is 358 g/mol. The van der Waals surface area contributed by atoms with E-state index in [2.05, 4.69) is 17.4 Å². The van der Waals surface area contributed by atoms with Crippen LogP contribution in [0.5, 0.6) is 0 Å². The van der Waals surface area contributed by atoms with Crippen molar-refractivity contribution in [2.75, 3.05) is 6.61 Å². The van der Waals surface area contributed by atoms with Gasteiger partial charge in [0.2, 0.25) is 0 Å². The molecule has 4 atom stereocenters. The Labute approximate surface area is 164 Å². The van der Waals surface area contributed by atoms with Crippen molar-refractivity contribution in [2.45, 2.75) is 50.7 Å². The van der Waals surface area contributed by atoms with Crippen LogP contribution < -0.4 is 5.32 Å². The Morgan fingerprint density at radius 3 is 2.43 bits per heavy atom. The van der Waals surface area contributed by atoms with Crippen molar-refractivity contribution in [2.24, 2.45) is 0 Å². The first-order chi connectivity index (χ1) is 13.5. The van der Waals surface area contributed by atoms with Crippen LogP contribution >= 0.6 is 0 Å². The van der Waals surface area contributed by atoms with Crippen LogP contribution in [0.2, 0.25) is 0 Å². The number of rotatable bonds is 6. The lowest BCUT2D eigenvalue weighted by molar-refractivity contribution is -0.210. The zero-order valence-corrected chi connectivity index (χ0v) is 16.0. The number of carbonyl (C=O) groups is 1. The molecule has 1 N–H and O–H groups in total. The first kappa shape index (κ1) is 19.1. The third-order valence-corrected chi connectivity index (χ3v) is 4.92. The molecule has 4 rings (SSSR count). The van der Waals surface area contributed by atoms with Crippen molar-refractivity contribution < 1.29 is 23.7 Å². The van der Waals surface area contributed by atoms with Gasteiger partial charge in [-0.05, 0) is 31.5 Å². The molecule has 28 heavy (non-hydrogen) atoms. The van der Waals surface area contributed by atoms with Crippen molar-refractivity contribution in [3.05, 3.63) is 71.8 Å². The second-order valence-electron chi connectivity index (χ2n) is 7.50. The lowest BCUT2D eigenvalue weighted by Crippen LogP contribution is -2.47. The maximum Gasteiger partial charge on any atom is 0.338 e. The molecule has 148 valence electrons. The highest BCUT2D eigenvalue weighted by molar-refractivity contribution is 5.89. The molecule has 0 spiro atoms. The Bertz CT molecular complexity index is 795. The quantitative estimate of drug-likeness (QED) is 0.774. The van der Waals surface area contributed by atoms with Gasteiger partial charge in [0.1, 0.15) is 18.8 Å². The molecule has 0 amide bonds. The summed E-state index contributed by atoms with van der Waals surface area (Å²) in [7, 11) is 0. The number of benzene rings is 2. The Hall–Kier alpha value is -2.25. The lowest BCUT2D eigenvalue weighted by Gasteiger charge is -2.26. The van der Waals surface area contributed by atoms with E-state index in [4.69, 9.17) is 18.9 Å². The van der Waals surface area contributed by atoms with E-state index in [-0.39, 0.29) is 30.8 Å². The Kier molecular flexibility index (Phi) is 5.46. The summed E-state index contributed by atoms with van der Waals surface area (Å²) < 4.78 is 23.4. The van der Waals surface area contributed by atoms with Crippen LogP contribution in [0.25, 0.3) is 0 Å². The highest BCUT2D eigenvalue weighted by Crippen LogP contribution is 2.37. The summed E-state index contributed by atoms with van der Waals surface area (Å²) in [5.41, 5.74) is 1.67. The summed E-state index contributed by atoms with van der Waals surface area (Å²) in [6.45, 7) is 4.52. The van der Waals surface area contributed by atoms with Gasteiger partial charge in [-0.3, -0.25) is 0 Å². The highest BCUT2D eigenvalue weighted by atomic mass is 16.8. The number of fused-ring (bicyclic) bond motifs is 1. The van der Waals surface area contributed by atoms with Crippen molar-refractivity contribution in [3.8, 4) is 0 Å². The minimum Gasteiger partial charge on any atom is -0.459 e. The average Bonchev–Trinajstić information content (AvgIpc) is 3.17.